The van der Waals surface area contributed by atoms with Crippen molar-refractivity contribution in [1.82, 2.24) is 19.9 Å². The molecule has 32 heavy (non-hydrogen) atoms. The molecule has 0 radical (unpaired) electrons. The van der Waals surface area contributed by atoms with Crippen molar-refractivity contribution < 1.29 is 22.7 Å². The normalized spacial score (nSPS) is 19.1. The summed E-state index contributed by atoms with van der Waals surface area (Å²) in [5.74, 6) is -2.13. The standard InChI is InChI=1S/C13H16F2N2O2.C8H5FN2O2/c1-8(12-10(15)6-9(14)7-16-12)17-11(18)4-5-13(17,2)19-3;9-4-1-2-6-5(3-4)7(12)11-8(13)10-6/h6-8H,4-5H2,1-3H3;1-3H,(H2,10,11,12,13). The molecule has 1 aromatic carbocycles. The van der Waals surface area contributed by atoms with E-state index in [0.29, 0.717) is 18.4 Å². The van der Waals surface area contributed by atoms with Crippen molar-refractivity contribution in [3.8, 4) is 0 Å². The molecule has 0 spiro atoms. The molecule has 8 nitrogen and oxygen atoms in total. The van der Waals surface area contributed by atoms with E-state index in [4.69, 9.17) is 4.74 Å². The van der Waals surface area contributed by atoms with Gasteiger partial charge in [0.1, 0.15) is 23.2 Å². The number of ether oxygens (including phenoxy) is 1. The number of halogens is 3. The second-order valence-corrected chi connectivity index (χ2v) is 7.44. The van der Waals surface area contributed by atoms with Crippen LogP contribution in [-0.4, -0.2) is 38.6 Å². The average Bonchev–Trinajstić information content (AvgIpc) is 3.03. The van der Waals surface area contributed by atoms with Gasteiger partial charge >= 0.3 is 5.69 Å². The van der Waals surface area contributed by atoms with Crippen LogP contribution < -0.4 is 11.2 Å². The maximum Gasteiger partial charge on any atom is 0.326 e. The van der Waals surface area contributed by atoms with Crippen molar-refractivity contribution >= 4 is 16.8 Å². The molecule has 170 valence electrons. The second kappa shape index (κ2) is 8.95. The van der Waals surface area contributed by atoms with Crippen LogP contribution >= 0.6 is 0 Å². The summed E-state index contributed by atoms with van der Waals surface area (Å²) in [5.41, 5.74) is -1.59. The van der Waals surface area contributed by atoms with E-state index < -0.39 is 40.5 Å². The lowest BCUT2D eigenvalue weighted by atomic mass is 10.1. The number of aromatic amines is 2. The van der Waals surface area contributed by atoms with Crippen LogP contribution in [0.15, 0.2) is 40.1 Å². The van der Waals surface area contributed by atoms with Crippen LogP contribution in [0.25, 0.3) is 10.9 Å². The number of nitrogens with zero attached hydrogens (tertiary/aromatic N) is 2. The maximum absolute atomic E-state index is 13.8. The zero-order valence-corrected chi connectivity index (χ0v) is 17.5. The third kappa shape index (κ3) is 4.57. The van der Waals surface area contributed by atoms with Gasteiger partial charge in [-0.05, 0) is 32.0 Å². The third-order valence-corrected chi connectivity index (χ3v) is 5.34. The van der Waals surface area contributed by atoms with Gasteiger partial charge in [0.05, 0.1) is 28.8 Å². The van der Waals surface area contributed by atoms with Crippen LogP contribution in [0.4, 0.5) is 13.2 Å². The summed E-state index contributed by atoms with van der Waals surface area (Å²) in [4.78, 5) is 43.5. The van der Waals surface area contributed by atoms with E-state index in [1.165, 1.54) is 24.1 Å². The second-order valence-electron chi connectivity index (χ2n) is 7.44. The first-order chi connectivity index (χ1) is 15.1. The topological polar surface area (TPSA) is 108 Å². The van der Waals surface area contributed by atoms with Crippen molar-refractivity contribution in [3.05, 3.63) is 74.4 Å². The van der Waals surface area contributed by atoms with Gasteiger partial charge in [0.25, 0.3) is 5.56 Å². The number of hydrogen-bond acceptors (Lipinski definition) is 5. The Hall–Kier alpha value is -3.47. The lowest BCUT2D eigenvalue weighted by Crippen LogP contribution is -2.46. The van der Waals surface area contributed by atoms with E-state index in [2.05, 4.69) is 9.97 Å². The quantitative estimate of drug-likeness (QED) is 0.638. The number of likely N-dealkylation sites (tertiary alicyclic amines) is 1. The van der Waals surface area contributed by atoms with Crippen LogP contribution in [0, 0.1) is 17.5 Å². The van der Waals surface area contributed by atoms with Gasteiger partial charge in [0.2, 0.25) is 5.91 Å². The number of fused-ring (bicyclic) bond motifs is 1. The van der Waals surface area contributed by atoms with Crippen molar-refractivity contribution in [2.45, 2.75) is 38.5 Å². The molecule has 3 aromatic rings. The van der Waals surface area contributed by atoms with Crippen molar-refractivity contribution in [2.75, 3.05) is 7.11 Å². The maximum atomic E-state index is 13.8. The first-order valence-electron chi connectivity index (χ1n) is 9.66. The fourth-order valence-electron chi connectivity index (χ4n) is 3.66. The van der Waals surface area contributed by atoms with Gasteiger partial charge < -0.3 is 14.6 Å². The number of rotatable bonds is 3. The van der Waals surface area contributed by atoms with E-state index >= 15 is 0 Å². The van der Waals surface area contributed by atoms with Crippen molar-refractivity contribution in [1.29, 1.82) is 0 Å². The fraction of sp³-hybridized carbons (Fsp3) is 0.333. The van der Waals surface area contributed by atoms with E-state index in [-0.39, 0.29) is 17.0 Å². The van der Waals surface area contributed by atoms with Gasteiger partial charge in [-0.15, -0.1) is 0 Å². The molecule has 4 rings (SSSR count). The van der Waals surface area contributed by atoms with Gasteiger partial charge in [-0.2, -0.15) is 0 Å². The smallest absolute Gasteiger partial charge is 0.326 e. The number of pyridine rings is 1. The molecule has 2 N–H and O–H groups in total. The highest BCUT2D eigenvalue weighted by molar-refractivity contribution is 5.79. The molecule has 1 aliphatic heterocycles. The molecule has 3 heterocycles. The molecule has 1 saturated heterocycles. The Morgan fingerprint density at radius 3 is 2.50 bits per heavy atom. The van der Waals surface area contributed by atoms with Gasteiger partial charge in [0, 0.05) is 26.0 Å². The minimum atomic E-state index is -0.779. The molecule has 0 saturated carbocycles. The number of hydrogen-bond donors (Lipinski definition) is 2. The summed E-state index contributed by atoms with van der Waals surface area (Å²) in [6, 6.07) is 3.76. The molecule has 2 atom stereocenters. The predicted octanol–water partition coefficient (Wildman–Crippen LogP) is 2.76. The van der Waals surface area contributed by atoms with Crippen LogP contribution in [0.1, 0.15) is 38.4 Å². The summed E-state index contributed by atoms with van der Waals surface area (Å²) in [5, 5.41) is 0.139. The summed E-state index contributed by atoms with van der Waals surface area (Å²) >= 11 is 0. The predicted molar refractivity (Wildman–Crippen MR) is 109 cm³/mol. The minimum Gasteiger partial charge on any atom is -0.359 e. The Morgan fingerprint density at radius 1 is 1.12 bits per heavy atom. The number of carbonyl (C=O) groups excluding carboxylic acids is 1. The highest BCUT2D eigenvalue weighted by Gasteiger charge is 2.45. The molecule has 2 unspecified atom stereocenters. The Balaban J connectivity index is 0.000000193. The number of amides is 1. The lowest BCUT2D eigenvalue weighted by molar-refractivity contribution is -0.155. The number of carbonyl (C=O) groups is 1. The molecule has 0 aliphatic carbocycles. The van der Waals surface area contributed by atoms with Crippen LogP contribution in [0.3, 0.4) is 0 Å². The Bertz CT molecular complexity index is 1280. The number of aromatic nitrogens is 3. The van der Waals surface area contributed by atoms with Gasteiger partial charge in [-0.1, -0.05) is 0 Å². The summed E-state index contributed by atoms with van der Waals surface area (Å²) < 4.78 is 44.7. The number of H-pyrrole nitrogens is 2. The van der Waals surface area contributed by atoms with E-state index in [9.17, 15) is 27.6 Å². The van der Waals surface area contributed by atoms with Crippen molar-refractivity contribution in [2.24, 2.45) is 0 Å². The molecule has 0 bridgehead atoms. The number of benzene rings is 1. The molecular formula is C21H21F3N4O4. The first-order valence-corrected chi connectivity index (χ1v) is 9.66. The van der Waals surface area contributed by atoms with Gasteiger partial charge in [-0.3, -0.25) is 19.6 Å². The van der Waals surface area contributed by atoms with Crippen LogP contribution in [0.5, 0.6) is 0 Å². The minimum absolute atomic E-state index is 0.0416. The third-order valence-electron chi connectivity index (χ3n) is 5.34. The van der Waals surface area contributed by atoms with Crippen LogP contribution in [0.2, 0.25) is 0 Å². The van der Waals surface area contributed by atoms with E-state index in [1.54, 1.807) is 13.8 Å². The molecular weight excluding hydrogens is 429 g/mol. The summed E-state index contributed by atoms with van der Waals surface area (Å²) in [7, 11) is 1.51. The molecule has 1 aliphatic rings. The van der Waals surface area contributed by atoms with Crippen molar-refractivity contribution in [3.63, 3.8) is 0 Å². The SMILES string of the molecule is COC1(C)CCC(=O)N1C(C)c1ncc(F)cc1F.O=c1[nH]c(=O)c2cc(F)ccc2[nH]1. The molecule has 1 fully saturated rings. The van der Waals surface area contributed by atoms with Gasteiger partial charge in [0.15, 0.2) is 0 Å². The lowest BCUT2D eigenvalue weighted by Gasteiger charge is -2.38. The van der Waals surface area contributed by atoms with Crippen LogP contribution in [-0.2, 0) is 9.53 Å². The van der Waals surface area contributed by atoms with E-state index in [1.807, 2.05) is 4.98 Å². The monoisotopic (exact) mass is 450 g/mol. The average molecular weight is 450 g/mol. The zero-order valence-electron chi connectivity index (χ0n) is 17.5. The Kier molecular flexibility index (Phi) is 6.49. The molecule has 2 aromatic heterocycles. The number of methoxy groups -OCH3 is 1. The Labute approximate surface area is 180 Å². The first kappa shape index (κ1) is 23.2. The Morgan fingerprint density at radius 2 is 1.84 bits per heavy atom. The fourth-order valence-corrected chi connectivity index (χ4v) is 3.66. The highest BCUT2D eigenvalue weighted by atomic mass is 19.1. The van der Waals surface area contributed by atoms with Gasteiger partial charge in [-0.25, -0.2) is 18.0 Å². The number of nitrogens with one attached hydrogen (secondary N) is 2. The zero-order chi connectivity index (χ0) is 23.6. The summed E-state index contributed by atoms with van der Waals surface area (Å²) in [6.07, 6.45) is 1.83. The molecule has 1 amide bonds. The highest BCUT2D eigenvalue weighted by Crippen LogP contribution is 2.38. The van der Waals surface area contributed by atoms with E-state index in [0.717, 1.165) is 18.3 Å². The largest absolute Gasteiger partial charge is 0.359 e. The summed E-state index contributed by atoms with van der Waals surface area (Å²) in [6.45, 7) is 3.43. The molecule has 11 heteroatoms.